The van der Waals surface area contributed by atoms with Gasteiger partial charge in [0.25, 0.3) is 5.95 Å². The Morgan fingerprint density at radius 1 is 1.10 bits per heavy atom. The summed E-state index contributed by atoms with van der Waals surface area (Å²) in [5.41, 5.74) is 4.09. The molecular weight excluding hydrogens is 505 g/mol. The van der Waals surface area contributed by atoms with Crippen LogP contribution in [0.3, 0.4) is 0 Å². The van der Waals surface area contributed by atoms with Gasteiger partial charge in [-0.05, 0) is 73.9 Å². The standard InChI is InChI=1S/C30H35F3N4O2/c1-18-3-4-24-25(11-18)34-17-30(24)7-10-36(15-19(30)2)16-26(38)20-5-8-37(9-6-20)29-35-28(33)27(39-29)21-12-22(31)14-23(32)13-21/h3-4,11-14,19-20,26,34,38H,5-10,15-17H2,1-2H3/t19-,26+,30+/m0/s1. The summed E-state index contributed by atoms with van der Waals surface area (Å²) in [6, 6.07) is 9.60. The van der Waals surface area contributed by atoms with E-state index in [2.05, 4.69) is 47.2 Å². The molecule has 0 bridgehead atoms. The Balaban J connectivity index is 1.04. The lowest BCUT2D eigenvalue weighted by atomic mass is 9.67. The van der Waals surface area contributed by atoms with Gasteiger partial charge in [-0.2, -0.15) is 9.37 Å². The van der Waals surface area contributed by atoms with Crippen LogP contribution in [-0.4, -0.2) is 60.4 Å². The molecule has 39 heavy (non-hydrogen) atoms. The first-order valence-electron chi connectivity index (χ1n) is 13.8. The average molecular weight is 541 g/mol. The van der Waals surface area contributed by atoms with Gasteiger partial charge in [0.05, 0.1) is 6.10 Å². The number of nitrogens with zero attached hydrogens (tertiary/aromatic N) is 3. The molecule has 2 aromatic carbocycles. The number of aliphatic hydroxyl groups is 1. The minimum atomic E-state index is -0.899. The lowest BCUT2D eigenvalue weighted by Gasteiger charge is -2.46. The molecular formula is C30H35F3N4O2. The maximum absolute atomic E-state index is 14.5. The summed E-state index contributed by atoms with van der Waals surface area (Å²) in [5.74, 6) is -2.20. The van der Waals surface area contributed by atoms with Gasteiger partial charge in [0.1, 0.15) is 11.6 Å². The van der Waals surface area contributed by atoms with Crippen molar-refractivity contribution in [2.45, 2.75) is 44.6 Å². The zero-order valence-electron chi connectivity index (χ0n) is 22.4. The topological polar surface area (TPSA) is 64.8 Å². The number of aryl methyl sites for hydroxylation is 1. The van der Waals surface area contributed by atoms with Crippen molar-refractivity contribution in [2.75, 3.05) is 49.5 Å². The Morgan fingerprint density at radius 2 is 1.85 bits per heavy atom. The largest absolute Gasteiger partial charge is 0.420 e. The molecule has 2 N–H and O–H groups in total. The lowest BCUT2D eigenvalue weighted by Crippen LogP contribution is -2.52. The van der Waals surface area contributed by atoms with E-state index in [0.29, 0.717) is 25.6 Å². The Morgan fingerprint density at radius 3 is 2.56 bits per heavy atom. The Kier molecular flexibility index (Phi) is 6.83. The molecule has 9 heteroatoms. The summed E-state index contributed by atoms with van der Waals surface area (Å²) in [4.78, 5) is 8.09. The highest BCUT2D eigenvalue weighted by molar-refractivity contribution is 5.62. The van der Waals surface area contributed by atoms with Gasteiger partial charge in [-0.15, -0.1) is 0 Å². The number of piperidine rings is 2. The van der Waals surface area contributed by atoms with Crippen molar-refractivity contribution >= 4 is 11.7 Å². The molecule has 6 nitrogen and oxygen atoms in total. The molecule has 0 radical (unpaired) electrons. The lowest BCUT2D eigenvalue weighted by molar-refractivity contribution is 0.0242. The highest BCUT2D eigenvalue weighted by Gasteiger charge is 2.46. The molecule has 3 aliphatic rings. The van der Waals surface area contributed by atoms with E-state index in [1.807, 2.05) is 4.90 Å². The molecule has 6 rings (SSSR count). The van der Waals surface area contributed by atoms with Crippen molar-refractivity contribution < 1.29 is 22.7 Å². The molecule has 3 aliphatic heterocycles. The Bertz CT molecular complexity index is 1340. The van der Waals surface area contributed by atoms with Gasteiger partial charge in [-0.1, -0.05) is 19.1 Å². The monoisotopic (exact) mass is 540 g/mol. The third-order valence-electron chi connectivity index (χ3n) is 9.15. The van der Waals surface area contributed by atoms with E-state index in [4.69, 9.17) is 4.42 Å². The second kappa shape index (κ2) is 10.2. The zero-order valence-corrected chi connectivity index (χ0v) is 22.4. The number of anilines is 2. The first-order chi connectivity index (χ1) is 18.7. The molecule has 0 aliphatic carbocycles. The first-order valence-corrected chi connectivity index (χ1v) is 13.8. The van der Waals surface area contributed by atoms with Crippen molar-refractivity contribution in [1.29, 1.82) is 0 Å². The van der Waals surface area contributed by atoms with Crippen molar-refractivity contribution in [3.63, 3.8) is 0 Å². The van der Waals surface area contributed by atoms with Gasteiger partial charge in [0.2, 0.25) is 0 Å². The van der Waals surface area contributed by atoms with Gasteiger partial charge in [-0.3, -0.25) is 0 Å². The minimum absolute atomic E-state index is 0.0291. The first kappa shape index (κ1) is 26.2. The van der Waals surface area contributed by atoms with Crippen LogP contribution in [0.4, 0.5) is 24.9 Å². The van der Waals surface area contributed by atoms with Crippen LogP contribution in [0.5, 0.6) is 0 Å². The van der Waals surface area contributed by atoms with E-state index in [0.717, 1.165) is 57.1 Å². The number of fused-ring (bicyclic) bond motifs is 2. The molecule has 3 aromatic rings. The molecule has 1 aromatic heterocycles. The predicted octanol–water partition coefficient (Wildman–Crippen LogP) is 5.35. The van der Waals surface area contributed by atoms with Gasteiger partial charge < -0.3 is 24.6 Å². The van der Waals surface area contributed by atoms with Crippen LogP contribution in [0.15, 0.2) is 40.8 Å². The molecule has 3 atom stereocenters. The molecule has 1 spiro atoms. The number of benzene rings is 2. The summed E-state index contributed by atoms with van der Waals surface area (Å²) in [5, 5.41) is 14.8. The summed E-state index contributed by atoms with van der Waals surface area (Å²) >= 11 is 0. The molecule has 4 heterocycles. The van der Waals surface area contributed by atoms with Crippen LogP contribution >= 0.6 is 0 Å². The number of oxazole rings is 1. The van der Waals surface area contributed by atoms with Gasteiger partial charge in [0.15, 0.2) is 5.76 Å². The normalized spacial score (nSPS) is 24.7. The summed E-state index contributed by atoms with van der Waals surface area (Å²) in [7, 11) is 0. The number of aliphatic hydroxyl groups excluding tert-OH is 1. The fraction of sp³-hybridized carbons (Fsp3) is 0.500. The number of aromatic nitrogens is 1. The fourth-order valence-electron chi connectivity index (χ4n) is 6.85. The number of β-amino-alcohol motifs (C(OH)–C–C–N with tert-alkyl or cyclic N) is 1. The maximum Gasteiger partial charge on any atom is 0.300 e. The highest BCUT2D eigenvalue weighted by atomic mass is 19.1. The van der Waals surface area contributed by atoms with E-state index >= 15 is 0 Å². The third kappa shape index (κ3) is 4.91. The van der Waals surface area contributed by atoms with Crippen LogP contribution in [0, 0.1) is 36.3 Å². The smallest absolute Gasteiger partial charge is 0.300 e. The average Bonchev–Trinajstić information content (AvgIpc) is 3.47. The molecule has 2 saturated heterocycles. The van der Waals surface area contributed by atoms with Crippen molar-refractivity contribution in [1.82, 2.24) is 9.88 Å². The van der Waals surface area contributed by atoms with Crippen LogP contribution in [0.1, 0.15) is 37.3 Å². The van der Waals surface area contributed by atoms with Gasteiger partial charge in [0, 0.05) is 55.5 Å². The Labute approximate surface area is 226 Å². The quantitative estimate of drug-likeness (QED) is 0.455. The van der Waals surface area contributed by atoms with Crippen molar-refractivity contribution in [3.05, 3.63) is 65.1 Å². The van der Waals surface area contributed by atoms with Crippen LogP contribution in [0.25, 0.3) is 11.3 Å². The van der Waals surface area contributed by atoms with Crippen molar-refractivity contribution in [3.8, 4) is 11.3 Å². The Hall–Kier alpha value is -3.04. The summed E-state index contributed by atoms with van der Waals surface area (Å²) in [6.07, 6.45) is 2.06. The third-order valence-corrected chi connectivity index (χ3v) is 9.15. The van der Waals surface area contributed by atoms with E-state index in [1.165, 1.54) is 16.8 Å². The summed E-state index contributed by atoms with van der Waals surface area (Å²) < 4.78 is 47.3. The number of halogens is 3. The summed E-state index contributed by atoms with van der Waals surface area (Å²) in [6.45, 7) is 9.08. The van der Waals surface area contributed by atoms with E-state index in [-0.39, 0.29) is 28.7 Å². The number of rotatable bonds is 5. The molecule has 0 amide bonds. The van der Waals surface area contributed by atoms with Crippen molar-refractivity contribution in [2.24, 2.45) is 11.8 Å². The minimum Gasteiger partial charge on any atom is -0.420 e. The van der Waals surface area contributed by atoms with Gasteiger partial charge in [-0.25, -0.2) is 8.78 Å². The molecule has 208 valence electrons. The van der Waals surface area contributed by atoms with E-state index < -0.39 is 23.7 Å². The number of hydrogen-bond acceptors (Lipinski definition) is 6. The second-order valence-corrected chi connectivity index (χ2v) is 11.6. The number of likely N-dealkylation sites (tertiary alicyclic amines) is 1. The SMILES string of the molecule is Cc1ccc2c(c1)NC[C@@]21CCN(C[C@@H](O)C2CCN(c3nc(F)c(-c4cc(F)cc(F)c4)o3)CC2)C[C@@H]1C. The number of hydrogen-bond donors (Lipinski definition) is 2. The van der Waals surface area contributed by atoms with Crippen LogP contribution in [-0.2, 0) is 5.41 Å². The maximum atomic E-state index is 14.5. The van der Waals surface area contributed by atoms with Crippen LogP contribution < -0.4 is 10.2 Å². The van der Waals surface area contributed by atoms with E-state index in [9.17, 15) is 18.3 Å². The second-order valence-electron chi connectivity index (χ2n) is 11.6. The fourth-order valence-corrected chi connectivity index (χ4v) is 6.85. The molecule has 0 saturated carbocycles. The molecule has 0 unspecified atom stereocenters. The highest BCUT2D eigenvalue weighted by Crippen LogP contribution is 2.47. The van der Waals surface area contributed by atoms with E-state index in [1.54, 1.807) is 0 Å². The van der Waals surface area contributed by atoms with Crippen LogP contribution in [0.2, 0.25) is 0 Å². The predicted molar refractivity (Wildman–Crippen MR) is 144 cm³/mol. The number of nitrogens with one attached hydrogen (secondary N) is 1. The molecule has 2 fully saturated rings. The van der Waals surface area contributed by atoms with Gasteiger partial charge >= 0.3 is 6.01 Å². The zero-order chi connectivity index (χ0) is 27.3.